The van der Waals surface area contributed by atoms with E-state index in [9.17, 15) is 0 Å². The van der Waals surface area contributed by atoms with Crippen LogP contribution in [0.1, 0.15) is 46.2 Å². The third kappa shape index (κ3) is 3.56. The average Bonchev–Trinajstić information content (AvgIpc) is 2.27. The minimum atomic E-state index is 0.419. The third-order valence-electron chi connectivity index (χ3n) is 3.17. The van der Waals surface area contributed by atoms with Gasteiger partial charge in [-0.3, -0.25) is 0 Å². The number of nitrogens with zero attached hydrogens (tertiary/aromatic N) is 3. The van der Waals surface area contributed by atoms with Crippen molar-refractivity contribution in [2.24, 2.45) is 0 Å². The lowest BCUT2D eigenvalue weighted by Crippen LogP contribution is -2.41. The fraction of sp³-hybridized carbons (Fsp3) is 0.692. The Labute approximate surface area is 109 Å². The zero-order valence-corrected chi connectivity index (χ0v) is 12.1. The maximum Gasteiger partial charge on any atom is 0.227 e. The summed E-state index contributed by atoms with van der Waals surface area (Å²) in [6, 6.07) is 2.63. The molecule has 0 amide bonds. The van der Waals surface area contributed by atoms with Crippen molar-refractivity contribution in [1.29, 1.82) is 0 Å². The first kappa shape index (κ1) is 14.2. The number of rotatable bonds is 5. The molecule has 0 bridgehead atoms. The monoisotopic (exact) mass is 255 g/mol. The zero-order valence-electron chi connectivity index (χ0n) is 11.4. The summed E-state index contributed by atoms with van der Waals surface area (Å²) in [4.78, 5) is 11.1. The maximum absolute atomic E-state index is 6.01. The van der Waals surface area contributed by atoms with Crippen molar-refractivity contribution >= 4 is 17.5 Å². The fourth-order valence-electron chi connectivity index (χ4n) is 1.85. The van der Waals surface area contributed by atoms with E-state index in [1.807, 2.05) is 6.92 Å². The maximum atomic E-state index is 6.01. The molecular formula is C13H22ClN3. The molecule has 1 rings (SSSR count). The Morgan fingerprint density at radius 1 is 1.18 bits per heavy atom. The predicted molar refractivity (Wildman–Crippen MR) is 73.8 cm³/mol. The van der Waals surface area contributed by atoms with Gasteiger partial charge in [0, 0.05) is 17.8 Å². The van der Waals surface area contributed by atoms with Crippen LogP contribution < -0.4 is 4.90 Å². The fourth-order valence-corrected chi connectivity index (χ4v) is 2.09. The highest BCUT2D eigenvalue weighted by atomic mass is 35.5. The molecule has 96 valence electrons. The molecule has 0 spiro atoms. The SMILES string of the molecule is CCC(C)N(c1nc(C)cc(Cl)n1)C(C)CC. The van der Waals surface area contributed by atoms with Crippen LogP contribution in [-0.2, 0) is 0 Å². The Morgan fingerprint density at radius 2 is 1.71 bits per heavy atom. The van der Waals surface area contributed by atoms with E-state index in [0.29, 0.717) is 17.2 Å². The van der Waals surface area contributed by atoms with Crippen LogP contribution in [-0.4, -0.2) is 22.1 Å². The van der Waals surface area contributed by atoms with Gasteiger partial charge in [-0.1, -0.05) is 25.4 Å². The van der Waals surface area contributed by atoms with Gasteiger partial charge in [-0.2, -0.15) is 0 Å². The number of aromatic nitrogens is 2. The quantitative estimate of drug-likeness (QED) is 0.749. The van der Waals surface area contributed by atoms with E-state index in [4.69, 9.17) is 11.6 Å². The number of hydrogen-bond donors (Lipinski definition) is 0. The summed E-state index contributed by atoms with van der Waals surface area (Å²) in [6.07, 6.45) is 2.14. The van der Waals surface area contributed by atoms with Crippen LogP contribution in [0.4, 0.5) is 5.95 Å². The topological polar surface area (TPSA) is 29.0 Å². The lowest BCUT2D eigenvalue weighted by Gasteiger charge is -2.34. The molecule has 0 N–H and O–H groups in total. The van der Waals surface area contributed by atoms with Gasteiger partial charge in [0.25, 0.3) is 0 Å². The molecule has 1 aromatic rings. The normalized spacial score (nSPS) is 14.5. The largest absolute Gasteiger partial charge is 0.335 e. The van der Waals surface area contributed by atoms with Crippen molar-refractivity contribution in [3.8, 4) is 0 Å². The summed E-state index contributed by atoms with van der Waals surface area (Å²) in [5.41, 5.74) is 0.914. The molecule has 0 aromatic carbocycles. The van der Waals surface area contributed by atoms with Crippen LogP contribution in [0.25, 0.3) is 0 Å². The first-order valence-corrected chi connectivity index (χ1v) is 6.66. The van der Waals surface area contributed by atoms with E-state index in [0.717, 1.165) is 24.5 Å². The van der Waals surface area contributed by atoms with Gasteiger partial charge in [0.15, 0.2) is 0 Å². The highest BCUT2D eigenvalue weighted by molar-refractivity contribution is 6.29. The van der Waals surface area contributed by atoms with Gasteiger partial charge in [0.1, 0.15) is 5.15 Å². The lowest BCUT2D eigenvalue weighted by molar-refractivity contribution is 0.515. The molecule has 0 aliphatic carbocycles. The predicted octanol–water partition coefficient (Wildman–Crippen LogP) is 3.84. The summed E-state index contributed by atoms with van der Waals surface area (Å²) in [7, 11) is 0. The van der Waals surface area contributed by atoms with Crippen LogP contribution >= 0.6 is 11.6 Å². The Morgan fingerprint density at radius 3 is 2.12 bits per heavy atom. The molecule has 1 aromatic heterocycles. The number of anilines is 1. The average molecular weight is 256 g/mol. The minimum absolute atomic E-state index is 0.419. The molecule has 3 nitrogen and oxygen atoms in total. The van der Waals surface area contributed by atoms with E-state index < -0.39 is 0 Å². The minimum Gasteiger partial charge on any atom is -0.335 e. The second kappa shape index (κ2) is 6.20. The van der Waals surface area contributed by atoms with Crippen molar-refractivity contribution in [1.82, 2.24) is 9.97 Å². The first-order valence-electron chi connectivity index (χ1n) is 6.29. The van der Waals surface area contributed by atoms with Gasteiger partial charge in [0.2, 0.25) is 5.95 Å². The molecule has 0 saturated heterocycles. The Kier molecular flexibility index (Phi) is 5.19. The summed E-state index contributed by atoms with van der Waals surface area (Å²) in [6.45, 7) is 10.7. The van der Waals surface area contributed by atoms with Gasteiger partial charge in [-0.05, 0) is 39.7 Å². The molecular weight excluding hydrogens is 234 g/mol. The van der Waals surface area contributed by atoms with Crippen molar-refractivity contribution < 1.29 is 0 Å². The first-order chi connectivity index (χ1) is 7.99. The standard InChI is InChI=1S/C13H22ClN3/c1-6-10(4)17(11(5)7-2)13-15-9(3)8-12(14)16-13/h8,10-11H,6-7H2,1-5H3. The summed E-state index contributed by atoms with van der Waals surface area (Å²) in [5.74, 6) is 0.749. The molecule has 0 fully saturated rings. The molecule has 0 aliphatic rings. The van der Waals surface area contributed by atoms with Crippen molar-refractivity contribution in [3.05, 3.63) is 16.9 Å². The lowest BCUT2D eigenvalue weighted by atomic mass is 10.1. The van der Waals surface area contributed by atoms with Crippen LogP contribution in [0.15, 0.2) is 6.07 Å². The van der Waals surface area contributed by atoms with Crippen molar-refractivity contribution in [2.45, 2.75) is 59.5 Å². The molecule has 0 aliphatic heterocycles. The van der Waals surface area contributed by atoms with Crippen LogP contribution in [0, 0.1) is 6.92 Å². The summed E-state index contributed by atoms with van der Waals surface area (Å²) >= 11 is 6.01. The van der Waals surface area contributed by atoms with E-state index in [1.165, 1.54) is 0 Å². The summed E-state index contributed by atoms with van der Waals surface area (Å²) < 4.78 is 0. The van der Waals surface area contributed by atoms with E-state index >= 15 is 0 Å². The van der Waals surface area contributed by atoms with E-state index in [1.54, 1.807) is 6.07 Å². The van der Waals surface area contributed by atoms with Gasteiger partial charge in [0.05, 0.1) is 0 Å². The van der Waals surface area contributed by atoms with Gasteiger partial charge >= 0.3 is 0 Å². The van der Waals surface area contributed by atoms with Crippen molar-refractivity contribution in [3.63, 3.8) is 0 Å². The van der Waals surface area contributed by atoms with Gasteiger partial charge in [-0.25, -0.2) is 9.97 Å². The number of halogens is 1. The molecule has 17 heavy (non-hydrogen) atoms. The Balaban J connectivity index is 3.12. The molecule has 1 heterocycles. The van der Waals surface area contributed by atoms with E-state index in [-0.39, 0.29) is 0 Å². The Bertz CT molecular complexity index is 337. The second-order valence-corrected chi connectivity index (χ2v) is 4.94. The number of aryl methyl sites for hydroxylation is 1. The molecule has 0 radical (unpaired) electrons. The zero-order chi connectivity index (χ0) is 13.0. The molecule has 0 saturated carbocycles. The highest BCUT2D eigenvalue weighted by Gasteiger charge is 2.21. The van der Waals surface area contributed by atoms with Crippen LogP contribution in [0.5, 0.6) is 0 Å². The molecule has 2 unspecified atom stereocenters. The van der Waals surface area contributed by atoms with Gasteiger partial charge < -0.3 is 4.90 Å². The third-order valence-corrected chi connectivity index (χ3v) is 3.37. The van der Waals surface area contributed by atoms with Crippen LogP contribution in [0.3, 0.4) is 0 Å². The Hall–Kier alpha value is -0.830. The van der Waals surface area contributed by atoms with Gasteiger partial charge in [-0.15, -0.1) is 0 Å². The molecule has 4 heteroatoms. The number of hydrogen-bond acceptors (Lipinski definition) is 3. The van der Waals surface area contributed by atoms with Crippen molar-refractivity contribution in [2.75, 3.05) is 4.90 Å². The van der Waals surface area contributed by atoms with E-state index in [2.05, 4.69) is 42.6 Å². The van der Waals surface area contributed by atoms with Crippen LogP contribution in [0.2, 0.25) is 5.15 Å². The summed E-state index contributed by atoms with van der Waals surface area (Å²) in [5, 5.41) is 0.518. The second-order valence-electron chi connectivity index (χ2n) is 4.55. The smallest absolute Gasteiger partial charge is 0.227 e. The highest BCUT2D eigenvalue weighted by Crippen LogP contribution is 2.21. The molecule has 2 atom stereocenters.